The molecule has 0 radical (unpaired) electrons. The van der Waals surface area contributed by atoms with Gasteiger partial charge < -0.3 is 14.6 Å². The lowest BCUT2D eigenvalue weighted by molar-refractivity contribution is 0.0421. The Balaban J connectivity index is 1.47. The summed E-state index contributed by atoms with van der Waals surface area (Å²) in [7, 11) is 1.55. The summed E-state index contributed by atoms with van der Waals surface area (Å²) in [5, 5.41) is 10.7. The van der Waals surface area contributed by atoms with Crippen LogP contribution in [0.2, 0.25) is 0 Å². The Hall–Kier alpha value is -4.26. The van der Waals surface area contributed by atoms with E-state index >= 15 is 0 Å². The molecule has 256 valence electrons. The monoisotopic (exact) mass is 651 g/mol. The molecule has 0 saturated heterocycles. The fourth-order valence-corrected chi connectivity index (χ4v) is 5.78. The Bertz CT molecular complexity index is 1560. The van der Waals surface area contributed by atoms with Crippen LogP contribution in [0.1, 0.15) is 102 Å². The Kier molecular flexibility index (Phi) is 14.4. The normalized spacial score (nSPS) is 13.1. The molecule has 4 aromatic rings. The predicted molar refractivity (Wildman–Crippen MR) is 194 cm³/mol. The van der Waals surface area contributed by atoms with Crippen LogP contribution >= 0.6 is 0 Å². The molecule has 0 bridgehead atoms. The fourth-order valence-electron chi connectivity index (χ4n) is 5.78. The number of phenolic OH excluding ortho intramolecular Hbond substituents is 1. The number of rotatable bonds is 19. The molecule has 0 spiro atoms. The molecule has 4 rings (SSSR count). The molecule has 0 aliphatic rings. The largest absolute Gasteiger partial charge is 0.507 e. The summed E-state index contributed by atoms with van der Waals surface area (Å²) in [6.45, 7) is 9.62. The number of benzene rings is 3. The molecule has 1 aromatic heterocycles. The standard InChI is InChI=1S/C41H53N3O4/c1-6-29(3)15-10-8-11-17-31(18-14-16-30(4)7-2)28-48-41(46)34-23-21-33(22-24-34)39-42-38(32-19-12-9-13-20-32)43-40(44-39)36-26-25-35(47-5)27-37(36)45/h9,12-13,19-27,29-31,45H,6-8,10-11,14-18,28H2,1-5H3. The molecular weight excluding hydrogens is 598 g/mol. The van der Waals surface area contributed by atoms with Crippen LogP contribution in [0.4, 0.5) is 0 Å². The second kappa shape index (κ2) is 18.9. The zero-order valence-electron chi connectivity index (χ0n) is 29.5. The maximum absolute atomic E-state index is 13.2. The molecule has 1 heterocycles. The first kappa shape index (κ1) is 36.6. The lowest BCUT2D eigenvalue weighted by Crippen LogP contribution is -2.15. The van der Waals surface area contributed by atoms with Crippen molar-refractivity contribution in [2.45, 2.75) is 91.9 Å². The number of hydrogen-bond acceptors (Lipinski definition) is 7. The third kappa shape index (κ3) is 10.9. The second-order valence-corrected chi connectivity index (χ2v) is 13.2. The molecule has 7 heteroatoms. The number of methoxy groups -OCH3 is 1. The Labute approximate surface area is 287 Å². The Morgan fingerprint density at radius 3 is 1.92 bits per heavy atom. The van der Waals surface area contributed by atoms with Crippen molar-refractivity contribution in [2.75, 3.05) is 13.7 Å². The third-order valence-corrected chi connectivity index (χ3v) is 9.45. The van der Waals surface area contributed by atoms with Crippen molar-refractivity contribution in [3.05, 3.63) is 78.4 Å². The second-order valence-electron chi connectivity index (χ2n) is 13.2. The minimum Gasteiger partial charge on any atom is -0.507 e. The van der Waals surface area contributed by atoms with Crippen molar-refractivity contribution in [2.24, 2.45) is 17.8 Å². The number of nitrogens with zero attached hydrogens (tertiary/aromatic N) is 3. The van der Waals surface area contributed by atoms with Gasteiger partial charge in [-0.05, 0) is 54.9 Å². The number of carbonyl (C=O) groups is 1. The van der Waals surface area contributed by atoms with E-state index in [0.29, 0.717) is 46.9 Å². The van der Waals surface area contributed by atoms with E-state index in [1.54, 1.807) is 31.4 Å². The van der Waals surface area contributed by atoms with Crippen molar-refractivity contribution >= 4 is 5.97 Å². The number of esters is 1. The van der Waals surface area contributed by atoms with E-state index in [1.165, 1.54) is 57.4 Å². The number of hydrogen-bond donors (Lipinski definition) is 1. The van der Waals surface area contributed by atoms with Gasteiger partial charge in [0.05, 0.1) is 24.8 Å². The number of carbonyl (C=O) groups excluding carboxylic acids is 1. The molecule has 1 N–H and O–H groups in total. The van der Waals surface area contributed by atoms with Crippen LogP contribution in [-0.4, -0.2) is 39.7 Å². The summed E-state index contributed by atoms with van der Waals surface area (Å²) in [6.07, 6.45) is 12.0. The maximum Gasteiger partial charge on any atom is 0.338 e. The minimum absolute atomic E-state index is 0.00729. The summed E-state index contributed by atoms with van der Waals surface area (Å²) in [4.78, 5) is 27.3. The first-order valence-corrected chi connectivity index (χ1v) is 17.8. The molecule has 3 atom stereocenters. The van der Waals surface area contributed by atoms with Crippen molar-refractivity contribution in [3.8, 4) is 45.7 Å². The lowest BCUT2D eigenvalue weighted by Gasteiger charge is -2.18. The van der Waals surface area contributed by atoms with Crippen LogP contribution in [-0.2, 0) is 4.74 Å². The van der Waals surface area contributed by atoms with Crippen molar-refractivity contribution < 1.29 is 19.4 Å². The van der Waals surface area contributed by atoms with Gasteiger partial charge in [0.15, 0.2) is 17.5 Å². The van der Waals surface area contributed by atoms with E-state index in [9.17, 15) is 9.90 Å². The van der Waals surface area contributed by atoms with Crippen LogP contribution in [0.25, 0.3) is 34.2 Å². The van der Waals surface area contributed by atoms with Crippen LogP contribution in [0.5, 0.6) is 11.5 Å². The molecule has 3 aromatic carbocycles. The molecule has 48 heavy (non-hydrogen) atoms. The summed E-state index contributed by atoms with van der Waals surface area (Å²) < 4.78 is 11.1. The maximum atomic E-state index is 13.2. The fraction of sp³-hybridized carbons (Fsp3) is 0.463. The number of ether oxygens (including phenoxy) is 2. The third-order valence-electron chi connectivity index (χ3n) is 9.45. The molecule has 7 nitrogen and oxygen atoms in total. The average Bonchev–Trinajstić information content (AvgIpc) is 3.13. The van der Waals surface area contributed by atoms with Crippen LogP contribution in [0, 0.1) is 17.8 Å². The first-order valence-electron chi connectivity index (χ1n) is 17.8. The highest BCUT2D eigenvalue weighted by atomic mass is 16.5. The van der Waals surface area contributed by atoms with Crippen molar-refractivity contribution in [1.82, 2.24) is 15.0 Å². The van der Waals surface area contributed by atoms with Gasteiger partial charge in [0.1, 0.15) is 11.5 Å². The number of phenols is 1. The van der Waals surface area contributed by atoms with Crippen LogP contribution in [0.3, 0.4) is 0 Å². The zero-order valence-corrected chi connectivity index (χ0v) is 29.5. The average molecular weight is 652 g/mol. The van der Waals surface area contributed by atoms with Crippen molar-refractivity contribution in [1.29, 1.82) is 0 Å². The number of aromatic hydroxyl groups is 1. The van der Waals surface area contributed by atoms with E-state index in [0.717, 1.165) is 35.8 Å². The SMILES string of the molecule is CCC(C)CCCCCC(CCCC(C)CC)COC(=O)c1ccc(-c2nc(-c3ccccc3)nc(-c3ccc(OC)cc3O)n2)cc1. The van der Waals surface area contributed by atoms with Crippen LogP contribution in [0.15, 0.2) is 72.8 Å². The molecule has 0 aliphatic carbocycles. The van der Waals surface area contributed by atoms with E-state index < -0.39 is 0 Å². The smallest absolute Gasteiger partial charge is 0.338 e. The van der Waals surface area contributed by atoms with Gasteiger partial charge >= 0.3 is 5.97 Å². The number of unbranched alkanes of at least 4 members (excludes halogenated alkanes) is 2. The predicted octanol–water partition coefficient (Wildman–Crippen LogP) is 10.6. The lowest BCUT2D eigenvalue weighted by atomic mass is 9.92. The van der Waals surface area contributed by atoms with Crippen LogP contribution < -0.4 is 4.74 Å². The van der Waals surface area contributed by atoms with Gasteiger partial charge in [-0.15, -0.1) is 0 Å². The quantitative estimate of drug-likeness (QED) is 0.0796. The number of aromatic nitrogens is 3. The van der Waals surface area contributed by atoms with E-state index in [1.807, 2.05) is 42.5 Å². The van der Waals surface area contributed by atoms with Crippen molar-refractivity contribution in [3.63, 3.8) is 0 Å². The van der Waals surface area contributed by atoms with Gasteiger partial charge in [0, 0.05) is 17.2 Å². The van der Waals surface area contributed by atoms with Gasteiger partial charge in [0.2, 0.25) is 0 Å². The first-order chi connectivity index (χ1) is 23.3. The van der Waals surface area contributed by atoms with E-state index in [2.05, 4.69) is 32.7 Å². The molecule has 0 aliphatic heterocycles. The zero-order chi connectivity index (χ0) is 34.3. The summed E-state index contributed by atoms with van der Waals surface area (Å²) >= 11 is 0. The highest BCUT2D eigenvalue weighted by Gasteiger charge is 2.18. The van der Waals surface area contributed by atoms with E-state index in [-0.39, 0.29) is 11.7 Å². The van der Waals surface area contributed by atoms with Gasteiger partial charge in [-0.25, -0.2) is 19.7 Å². The van der Waals surface area contributed by atoms with Gasteiger partial charge in [-0.3, -0.25) is 0 Å². The van der Waals surface area contributed by atoms with Gasteiger partial charge in [-0.2, -0.15) is 0 Å². The Morgan fingerprint density at radius 2 is 1.29 bits per heavy atom. The van der Waals surface area contributed by atoms with E-state index in [4.69, 9.17) is 19.4 Å². The molecule has 0 amide bonds. The summed E-state index contributed by atoms with van der Waals surface area (Å²) in [5.74, 6) is 3.39. The topological polar surface area (TPSA) is 94.4 Å². The highest BCUT2D eigenvalue weighted by molar-refractivity contribution is 5.90. The van der Waals surface area contributed by atoms with Gasteiger partial charge in [-0.1, -0.05) is 122 Å². The minimum atomic E-state index is -0.310. The summed E-state index contributed by atoms with van der Waals surface area (Å²) in [5.41, 5.74) is 2.51. The van der Waals surface area contributed by atoms with Gasteiger partial charge in [0.25, 0.3) is 0 Å². The highest BCUT2D eigenvalue weighted by Crippen LogP contribution is 2.33. The molecular formula is C41H53N3O4. The summed E-state index contributed by atoms with van der Waals surface area (Å²) in [6, 6.07) is 21.9. The molecule has 3 unspecified atom stereocenters. The molecule has 0 saturated carbocycles. The Morgan fingerprint density at radius 1 is 0.708 bits per heavy atom. The molecule has 0 fully saturated rings.